The minimum atomic E-state index is -0.783. The van der Waals surface area contributed by atoms with Gasteiger partial charge in [0.2, 0.25) is 0 Å². The first-order chi connectivity index (χ1) is 13.4. The Hall–Kier alpha value is -1.69. The summed E-state index contributed by atoms with van der Waals surface area (Å²) in [6, 6.07) is 10.0. The van der Waals surface area contributed by atoms with Crippen molar-refractivity contribution in [3.8, 4) is 0 Å². The Morgan fingerprint density at radius 2 is 1.89 bits per heavy atom. The summed E-state index contributed by atoms with van der Waals surface area (Å²) in [7, 11) is 0. The van der Waals surface area contributed by atoms with E-state index in [-0.39, 0.29) is 24.2 Å². The number of benzene rings is 1. The number of aliphatic hydroxyl groups excluding tert-OH is 3. The lowest BCUT2D eigenvalue weighted by atomic mass is 9.83. The summed E-state index contributed by atoms with van der Waals surface area (Å²) in [5.74, 6) is -0.743. The molecule has 1 aliphatic rings. The van der Waals surface area contributed by atoms with Gasteiger partial charge in [0, 0.05) is 18.8 Å². The van der Waals surface area contributed by atoms with Gasteiger partial charge in [-0.05, 0) is 43.1 Å². The molecule has 0 amide bonds. The number of aliphatic carboxylic acids is 1. The Labute approximate surface area is 167 Å². The summed E-state index contributed by atoms with van der Waals surface area (Å²) in [5.41, 5.74) is 1.18. The molecule has 0 bridgehead atoms. The van der Waals surface area contributed by atoms with E-state index in [4.69, 9.17) is 5.11 Å². The first-order valence-electron chi connectivity index (χ1n) is 10.3. The van der Waals surface area contributed by atoms with Crippen LogP contribution in [-0.4, -0.2) is 44.7 Å². The highest BCUT2D eigenvalue weighted by Crippen LogP contribution is 2.38. The molecule has 4 N–H and O–H groups in total. The maximum absolute atomic E-state index is 10.7. The number of rotatable bonds is 11. The molecule has 6 atom stereocenters. The van der Waals surface area contributed by atoms with E-state index in [1.54, 1.807) is 6.08 Å². The van der Waals surface area contributed by atoms with Crippen molar-refractivity contribution in [1.29, 1.82) is 0 Å². The van der Waals surface area contributed by atoms with Crippen molar-refractivity contribution < 1.29 is 25.2 Å². The lowest BCUT2D eigenvalue weighted by molar-refractivity contribution is -0.137. The molecule has 1 saturated carbocycles. The Bertz CT molecular complexity index is 615. The molecule has 0 aliphatic heterocycles. The maximum Gasteiger partial charge on any atom is 0.303 e. The van der Waals surface area contributed by atoms with Crippen LogP contribution in [0.15, 0.2) is 42.5 Å². The Morgan fingerprint density at radius 1 is 1.18 bits per heavy atom. The normalized spacial score (nSPS) is 27.1. The highest BCUT2D eigenvalue weighted by Gasteiger charge is 2.40. The summed E-state index contributed by atoms with van der Waals surface area (Å²) in [6.45, 7) is 2.06. The highest BCUT2D eigenvalue weighted by atomic mass is 16.4. The van der Waals surface area contributed by atoms with E-state index in [9.17, 15) is 20.1 Å². The fourth-order valence-electron chi connectivity index (χ4n) is 4.20. The van der Waals surface area contributed by atoms with Crippen LogP contribution in [0.4, 0.5) is 0 Å². The van der Waals surface area contributed by atoms with Crippen LogP contribution in [0.2, 0.25) is 0 Å². The third-order valence-electron chi connectivity index (χ3n) is 5.81. The Kier molecular flexibility index (Phi) is 9.16. The van der Waals surface area contributed by atoms with E-state index < -0.39 is 24.3 Å². The van der Waals surface area contributed by atoms with Crippen LogP contribution in [0.3, 0.4) is 0 Å². The molecule has 0 radical (unpaired) electrons. The molecule has 5 heteroatoms. The SMILES string of the molecule is CC(CCCC(=O)O)C[C@@H]1[C@@H](/C=C/[C@@H](O)CCc2ccccc2)[C@H](O)C[C@@H]1O. The fraction of sp³-hybridized carbons (Fsp3) is 0.609. The maximum atomic E-state index is 10.7. The van der Waals surface area contributed by atoms with Gasteiger partial charge in [-0.2, -0.15) is 0 Å². The van der Waals surface area contributed by atoms with Crippen molar-refractivity contribution in [3.63, 3.8) is 0 Å². The number of carboxylic acid groups (broad SMARTS) is 1. The van der Waals surface area contributed by atoms with E-state index >= 15 is 0 Å². The van der Waals surface area contributed by atoms with Crippen molar-refractivity contribution in [2.45, 2.75) is 70.2 Å². The molecule has 1 aliphatic carbocycles. The van der Waals surface area contributed by atoms with E-state index in [0.717, 1.165) is 19.3 Å². The summed E-state index contributed by atoms with van der Waals surface area (Å²) < 4.78 is 0. The van der Waals surface area contributed by atoms with Crippen LogP contribution < -0.4 is 0 Å². The first-order valence-corrected chi connectivity index (χ1v) is 10.3. The van der Waals surface area contributed by atoms with Crippen LogP contribution in [0.1, 0.15) is 51.0 Å². The quantitative estimate of drug-likeness (QED) is 0.435. The zero-order valence-corrected chi connectivity index (χ0v) is 16.7. The number of aryl methyl sites for hydroxylation is 1. The van der Waals surface area contributed by atoms with Gasteiger partial charge in [0.1, 0.15) is 0 Å². The fourth-order valence-corrected chi connectivity index (χ4v) is 4.20. The minimum Gasteiger partial charge on any atom is -0.481 e. The molecule has 0 aromatic heterocycles. The molecule has 1 aromatic carbocycles. The van der Waals surface area contributed by atoms with Gasteiger partial charge < -0.3 is 20.4 Å². The number of carbonyl (C=O) groups is 1. The van der Waals surface area contributed by atoms with Crippen molar-refractivity contribution in [2.24, 2.45) is 17.8 Å². The Balaban J connectivity index is 1.85. The van der Waals surface area contributed by atoms with Crippen molar-refractivity contribution >= 4 is 5.97 Å². The third-order valence-corrected chi connectivity index (χ3v) is 5.81. The van der Waals surface area contributed by atoms with Gasteiger partial charge in [0.25, 0.3) is 0 Å². The topological polar surface area (TPSA) is 98.0 Å². The van der Waals surface area contributed by atoms with Gasteiger partial charge in [-0.15, -0.1) is 0 Å². The second-order valence-corrected chi connectivity index (χ2v) is 8.21. The molecular weight excluding hydrogens is 356 g/mol. The van der Waals surface area contributed by atoms with Crippen LogP contribution >= 0.6 is 0 Å². The molecule has 2 rings (SSSR count). The smallest absolute Gasteiger partial charge is 0.303 e. The van der Waals surface area contributed by atoms with E-state index in [1.165, 1.54) is 5.56 Å². The minimum absolute atomic E-state index is 0.0626. The largest absolute Gasteiger partial charge is 0.481 e. The molecule has 1 fully saturated rings. The highest BCUT2D eigenvalue weighted by molar-refractivity contribution is 5.66. The van der Waals surface area contributed by atoms with Crippen molar-refractivity contribution in [3.05, 3.63) is 48.0 Å². The monoisotopic (exact) mass is 390 g/mol. The molecule has 0 spiro atoms. The van der Waals surface area contributed by atoms with Gasteiger partial charge in [0.05, 0.1) is 18.3 Å². The zero-order chi connectivity index (χ0) is 20.5. The number of hydrogen-bond acceptors (Lipinski definition) is 4. The number of hydrogen-bond donors (Lipinski definition) is 4. The first kappa shape index (κ1) is 22.6. The molecule has 1 aromatic rings. The average Bonchev–Trinajstić information content (AvgIpc) is 2.91. The number of carboxylic acids is 1. The molecule has 5 nitrogen and oxygen atoms in total. The summed E-state index contributed by atoms with van der Waals surface area (Å²) in [6.07, 6.45) is 5.93. The molecule has 28 heavy (non-hydrogen) atoms. The second-order valence-electron chi connectivity index (χ2n) is 8.21. The van der Waals surface area contributed by atoms with E-state index in [1.807, 2.05) is 36.4 Å². The average molecular weight is 391 g/mol. The van der Waals surface area contributed by atoms with Gasteiger partial charge in [-0.3, -0.25) is 4.79 Å². The van der Waals surface area contributed by atoms with Crippen LogP contribution in [-0.2, 0) is 11.2 Å². The molecule has 0 heterocycles. The van der Waals surface area contributed by atoms with Gasteiger partial charge >= 0.3 is 5.97 Å². The van der Waals surface area contributed by atoms with Crippen LogP contribution in [0.5, 0.6) is 0 Å². The summed E-state index contributed by atoms with van der Waals surface area (Å²) in [5, 5.41) is 39.7. The lowest BCUT2D eigenvalue weighted by Gasteiger charge is -2.24. The lowest BCUT2D eigenvalue weighted by Crippen LogP contribution is -2.23. The van der Waals surface area contributed by atoms with E-state index in [0.29, 0.717) is 19.3 Å². The van der Waals surface area contributed by atoms with Crippen LogP contribution in [0.25, 0.3) is 0 Å². The Morgan fingerprint density at radius 3 is 2.57 bits per heavy atom. The molecule has 156 valence electrons. The standard InChI is InChI=1S/C23H34O5/c1-16(6-5-9-23(27)28)14-20-19(21(25)15-22(20)26)13-12-18(24)11-10-17-7-3-2-4-8-17/h2-4,7-8,12-13,16,18-22,24-26H,5-6,9-11,14-15H2,1H3,(H,27,28)/b13-12+/t16?,18-,19+,20+,21+,22-/m0/s1. The van der Waals surface area contributed by atoms with Crippen LogP contribution in [0, 0.1) is 17.8 Å². The zero-order valence-electron chi connectivity index (χ0n) is 16.7. The molecule has 1 unspecified atom stereocenters. The second kappa shape index (κ2) is 11.3. The van der Waals surface area contributed by atoms with Crippen molar-refractivity contribution in [1.82, 2.24) is 0 Å². The van der Waals surface area contributed by atoms with Gasteiger partial charge in [0.15, 0.2) is 0 Å². The number of aliphatic hydroxyl groups is 3. The summed E-state index contributed by atoms with van der Waals surface area (Å²) >= 11 is 0. The molecule has 0 saturated heterocycles. The molecular formula is C23H34O5. The predicted molar refractivity (Wildman–Crippen MR) is 109 cm³/mol. The predicted octanol–water partition coefficient (Wildman–Crippen LogP) is 3.18. The summed E-state index contributed by atoms with van der Waals surface area (Å²) in [4.78, 5) is 10.7. The van der Waals surface area contributed by atoms with Gasteiger partial charge in [-0.25, -0.2) is 0 Å². The van der Waals surface area contributed by atoms with E-state index in [2.05, 4.69) is 6.92 Å². The van der Waals surface area contributed by atoms with Crippen molar-refractivity contribution in [2.75, 3.05) is 0 Å². The third kappa shape index (κ3) is 7.38. The van der Waals surface area contributed by atoms with Gasteiger partial charge in [-0.1, -0.05) is 55.8 Å².